The number of nitrogens with one attached hydrogen (secondary N) is 2. The summed E-state index contributed by atoms with van der Waals surface area (Å²) in [4.78, 5) is 28.1. The first-order chi connectivity index (χ1) is 12.7. The molecule has 2 N–H and O–H groups in total. The van der Waals surface area contributed by atoms with E-state index in [9.17, 15) is 9.59 Å². The van der Waals surface area contributed by atoms with Crippen molar-refractivity contribution in [1.82, 2.24) is 15.6 Å². The van der Waals surface area contributed by atoms with Gasteiger partial charge in [-0.1, -0.05) is 19.4 Å². The maximum absolute atomic E-state index is 12.1. The van der Waals surface area contributed by atoms with Gasteiger partial charge in [-0.25, -0.2) is 0 Å². The summed E-state index contributed by atoms with van der Waals surface area (Å²) in [5, 5.41) is 5.37. The number of ether oxygens (including phenoxy) is 1. The van der Waals surface area contributed by atoms with E-state index in [-0.39, 0.29) is 18.4 Å². The van der Waals surface area contributed by atoms with Crippen LogP contribution in [0.25, 0.3) is 0 Å². The molecular weight excluding hydrogens is 330 g/mol. The first kappa shape index (κ1) is 19.4. The lowest BCUT2D eigenvalue weighted by atomic mass is 10.2. The molecule has 6 heteroatoms. The highest BCUT2D eigenvalue weighted by Crippen LogP contribution is 2.12. The molecule has 0 bridgehead atoms. The van der Waals surface area contributed by atoms with Gasteiger partial charge in [0, 0.05) is 30.4 Å². The minimum absolute atomic E-state index is 0.0597. The fraction of sp³-hybridized carbons (Fsp3) is 0.350. The van der Waals surface area contributed by atoms with E-state index in [4.69, 9.17) is 4.74 Å². The van der Waals surface area contributed by atoms with Crippen molar-refractivity contribution in [2.45, 2.75) is 26.2 Å². The third-order valence-corrected chi connectivity index (χ3v) is 3.72. The summed E-state index contributed by atoms with van der Waals surface area (Å²) in [7, 11) is 0. The number of pyridine rings is 1. The van der Waals surface area contributed by atoms with E-state index in [1.165, 1.54) is 0 Å². The zero-order valence-electron chi connectivity index (χ0n) is 15.0. The highest BCUT2D eigenvalue weighted by Gasteiger charge is 2.08. The molecule has 0 spiro atoms. The van der Waals surface area contributed by atoms with Crippen LogP contribution in [0, 0.1) is 0 Å². The molecule has 0 saturated heterocycles. The Morgan fingerprint density at radius 2 is 1.88 bits per heavy atom. The third-order valence-electron chi connectivity index (χ3n) is 3.72. The molecule has 0 aliphatic heterocycles. The molecular formula is C20H25N3O3. The van der Waals surface area contributed by atoms with Crippen LogP contribution in [0.3, 0.4) is 0 Å². The molecule has 26 heavy (non-hydrogen) atoms. The van der Waals surface area contributed by atoms with Crippen molar-refractivity contribution in [2.75, 3.05) is 19.7 Å². The average Bonchev–Trinajstić information content (AvgIpc) is 2.68. The number of carbonyl (C=O) groups is 2. The average molecular weight is 355 g/mol. The largest absolute Gasteiger partial charge is 0.494 e. The Hall–Kier alpha value is -2.89. The fourth-order valence-corrected chi connectivity index (χ4v) is 2.24. The van der Waals surface area contributed by atoms with Crippen LogP contribution >= 0.6 is 0 Å². The number of unbranched alkanes of at least 4 members (excludes halogenated alkanes) is 1. The van der Waals surface area contributed by atoms with E-state index < -0.39 is 0 Å². The van der Waals surface area contributed by atoms with Gasteiger partial charge >= 0.3 is 0 Å². The Kier molecular flexibility index (Phi) is 8.12. The van der Waals surface area contributed by atoms with E-state index in [0.717, 1.165) is 24.3 Å². The number of hydrogen-bond acceptors (Lipinski definition) is 4. The molecule has 2 aromatic rings. The summed E-state index contributed by atoms with van der Waals surface area (Å²) in [6, 6.07) is 12.6. The second-order valence-electron chi connectivity index (χ2n) is 5.83. The normalized spacial score (nSPS) is 10.2. The number of amides is 2. The van der Waals surface area contributed by atoms with Gasteiger partial charge < -0.3 is 15.4 Å². The lowest BCUT2D eigenvalue weighted by Crippen LogP contribution is -2.37. The van der Waals surface area contributed by atoms with E-state index in [0.29, 0.717) is 25.1 Å². The number of aromatic nitrogens is 1. The van der Waals surface area contributed by atoms with Gasteiger partial charge in [0.15, 0.2) is 0 Å². The SMILES string of the molecule is CCCCOc1ccc(C(=O)NCC(=O)NCCc2ccccn2)cc1. The van der Waals surface area contributed by atoms with Crippen LogP contribution in [0.5, 0.6) is 5.75 Å². The molecule has 1 aromatic carbocycles. The molecule has 6 nitrogen and oxygen atoms in total. The van der Waals surface area contributed by atoms with Crippen LogP contribution < -0.4 is 15.4 Å². The van der Waals surface area contributed by atoms with Crippen LogP contribution in [0.15, 0.2) is 48.7 Å². The van der Waals surface area contributed by atoms with Crippen LogP contribution in [0.2, 0.25) is 0 Å². The van der Waals surface area contributed by atoms with Gasteiger partial charge in [0.1, 0.15) is 5.75 Å². The van der Waals surface area contributed by atoms with Crippen LogP contribution in [-0.2, 0) is 11.2 Å². The first-order valence-electron chi connectivity index (χ1n) is 8.86. The lowest BCUT2D eigenvalue weighted by molar-refractivity contribution is -0.120. The summed E-state index contributed by atoms with van der Waals surface area (Å²) in [5.41, 5.74) is 1.41. The minimum Gasteiger partial charge on any atom is -0.494 e. The Morgan fingerprint density at radius 3 is 2.58 bits per heavy atom. The lowest BCUT2D eigenvalue weighted by Gasteiger charge is -2.08. The first-order valence-corrected chi connectivity index (χ1v) is 8.86. The zero-order valence-corrected chi connectivity index (χ0v) is 15.0. The fourth-order valence-electron chi connectivity index (χ4n) is 2.24. The van der Waals surface area contributed by atoms with E-state index in [1.807, 2.05) is 18.2 Å². The molecule has 0 unspecified atom stereocenters. The predicted octanol–water partition coefficient (Wildman–Crippen LogP) is 2.35. The molecule has 2 rings (SSSR count). The van der Waals surface area contributed by atoms with Gasteiger partial charge in [-0.3, -0.25) is 14.6 Å². The van der Waals surface area contributed by atoms with Gasteiger partial charge in [-0.2, -0.15) is 0 Å². The maximum atomic E-state index is 12.1. The second-order valence-corrected chi connectivity index (χ2v) is 5.83. The van der Waals surface area contributed by atoms with Crippen molar-refractivity contribution in [3.05, 3.63) is 59.9 Å². The van der Waals surface area contributed by atoms with Gasteiger partial charge in [-0.15, -0.1) is 0 Å². The quantitative estimate of drug-likeness (QED) is 0.641. The molecule has 0 atom stereocenters. The number of hydrogen-bond donors (Lipinski definition) is 2. The van der Waals surface area contributed by atoms with Crippen molar-refractivity contribution >= 4 is 11.8 Å². The zero-order chi connectivity index (χ0) is 18.6. The van der Waals surface area contributed by atoms with E-state index in [2.05, 4.69) is 22.5 Å². The molecule has 2 amide bonds. The topological polar surface area (TPSA) is 80.3 Å². The molecule has 0 saturated carbocycles. The summed E-state index contributed by atoms with van der Waals surface area (Å²) in [5.74, 6) is 0.223. The van der Waals surface area contributed by atoms with Gasteiger partial charge in [0.25, 0.3) is 5.91 Å². The number of benzene rings is 1. The molecule has 1 heterocycles. The monoisotopic (exact) mass is 355 g/mol. The number of nitrogens with zero attached hydrogens (tertiary/aromatic N) is 1. The Bertz CT molecular complexity index is 687. The van der Waals surface area contributed by atoms with Gasteiger partial charge in [0.2, 0.25) is 5.91 Å². The Morgan fingerprint density at radius 1 is 1.08 bits per heavy atom. The van der Waals surface area contributed by atoms with Crippen molar-refractivity contribution < 1.29 is 14.3 Å². The third kappa shape index (κ3) is 6.93. The number of carbonyl (C=O) groups excluding carboxylic acids is 2. The summed E-state index contributed by atoms with van der Waals surface area (Å²) < 4.78 is 5.56. The molecule has 138 valence electrons. The highest BCUT2D eigenvalue weighted by molar-refractivity contribution is 5.96. The van der Waals surface area contributed by atoms with Crippen molar-refractivity contribution in [3.8, 4) is 5.75 Å². The summed E-state index contributed by atoms with van der Waals surface area (Å²) in [6.45, 7) is 3.19. The summed E-state index contributed by atoms with van der Waals surface area (Å²) >= 11 is 0. The van der Waals surface area contributed by atoms with Gasteiger partial charge in [-0.05, 0) is 42.8 Å². The molecule has 0 radical (unpaired) electrons. The van der Waals surface area contributed by atoms with Crippen molar-refractivity contribution in [1.29, 1.82) is 0 Å². The van der Waals surface area contributed by atoms with Crippen LogP contribution in [0.1, 0.15) is 35.8 Å². The van der Waals surface area contributed by atoms with E-state index in [1.54, 1.807) is 30.5 Å². The Labute approximate surface area is 154 Å². The number of rotatable bonds is 10. The maximum Gasteiger partial charge on any atom is 0.251 e. The minimum atomic E-state index is -0.287. The van der Waals surface area contributed by atoms with Gasteiger partial charge in [0.05, 0.1) is 13.2 Å². The molecule has 0 fully saturated rings. The summed E-state index contributed by atoms with van der Waals surface area (Å²) in [6.07, 6.45) is 4.44. The predicted molar refractivity (Wildman–Crippen MR) is 100 cm³/mol. The second kappa shape index (κ2) is 10.9. The highest BCUT2D eigenvalue weighted by atomic mass is 16.5. The Balaban J connectivity index is 1.67. The standard InChI is InChI=1S/C20H25N3O3/c1-2-3-14-26-18-9-7-16(8-10-18)20(25)23-15-19(24)22-13-11-17-6-4-5-12-21-17/h4-10,12H,2-3,11,13-15H2,1H3,(H,22,24)(H,23,25). The van der Waals surface area contributed by atoms with Crippen LogP contribution in [-0.4, -0.2) is 36.5 Å². The molecule has 0 aliphatic rings. The van der Waals surface area contributed by atoms with Crippen LogP contribution in [0.4, 0.5) is 0 Å². The smallest absolute Gasteiger partial charge is 0.251 e. The van der Waals surface area contributed by atoms with Crippen molar-refractivity contribution in [2.24, 2.45) is 0 Å². The van der Waals surface area contributed by atoms with Crippen molar-refractivity contribution in [3.63, 3.8) is 0 Å². The molecule has 1 aromatic heterocycles. The van der Waals surface area contributed by atoms with E-state index >= 15 is 0 Å². The molecule has 0 aliphatic carbocycles.